The highest BCUT2D eigenvalue weighted by Gasteiger charge is 2.11. The van der Waals surface area contributed by atoms with Crippen LogP contribution in [0.25, 0.3) is 5.69 Å². The molecule has 2 rings (SSSR count). The Bertz CT molecular complexity index is 554. The number of halogens is 3. The third kappa shape index (κ3) is 2.76. The maximum absolute atomic E-state index is 13.6. The minimum Gasteiger partial charge on any atom is -0.319 e. The quantitative estimate of drug-likeness (QED) is 0.940. The lowest BCUT2D eigenvalue weighted by atomic mass is 10.3. The van der Waals surface area contributed by atoms with Crippen molar-refractivity contribution >= 4 is 15.9 Å². The molecule has 0 aliphatic carbocycles. The van der Waals surface area contributed by atoms with Crippen LogP contribution in [0.4, 0.5) is 8.78 Å². The van der Waals surface area contributed by atoms with E-state index in [0.717, 1.165) is 29.2 Å². The summed E-state index contributed by atoms with van der Waals surface area (Å²) in [7, 11) is 1.85. The Morgan fingerprint density at radius 1 is 1.39 bits per heavy atom. The van der Waals surface area contributed by atoms with Gasteiger partial charge in [-0.15, -0.1) is 0 Å². The molecule has 3 nitrogen and oxygen atoms in total. The molecule has 0 unspecified atom stereocenters. The van der Waals surface area contributed by atoms with Gasteiger partial charge in [0.25, 0.3) is 0 Å². The van der Waals surface area contributed by atoms with Gasteiger partial charge in [0, 0.05) is 25.2 Å². The summed E-state index contributed by atoms with van der Waals surface area (Å²) in [5.41, 5.74) is 1.06. The molecule has 1 N–H and O–H groups in total. The molecule has 0 aliphatic rings. The highest BCUT2D eigenvalue weighted by Crippen LogP contribution is 2.20. The highest BCUT2D eigenvalue weighted by atomic mass is 79.9. The number of aromatic nitrogens is 2. The smallest absolute Gasteiger partial charge is 0.151 e. The van der Waals surface area contributed by atoms with E-state index in [2.05, 4.69) is 26.3 Å². The largest absolute Gasteiger partial charge is 0.319 e. The molecular weight excluding hydrogens is 304 g/mol. The van der Waals surface area contributed by atoms with Crippen LogP contribution >= 0.6 is 15.9 Å². The highest BCUT2D eigenvalue weighted by molar-refractivity contribution is 9.10. The predicted molar refractivity (Wildman–Crippen MR) is 68.8 cm³/mol. The number of hydrogen-bond donors (Lipinski definition) is 1. The van der Waals surface area contributed by atoms with Crippen LogP contribution in [0.5, 0.6) is 0 Å². The van der Waals surface area contributed by atoms with Crippen LogP contribution in [0.1, 0.15) is 5.69 Å². The molecule has 0 radical (unpaired) electrons. The topological polar surface area (TPSA) is 29.9 Å². The summed E-state index contributed by atoms with van der Waals surface area (Å²) in [6.07, 6.45) is 2.40. The van der Waals surface area contributed by atoms with Gasteiger partial charge in [-0.05, 0) is 35.1 Å². The fraction of sp³-hybridized carbons (Fsp3) is 0.250. The van der Waals surface area contributed by atoms with Crippen molar-refractivity contribution in [1.82, 2.24) is 15.1 Å². The molecule has 0 fully saturated rings. The van der Waals surface area contributed by atoms with Crippen LogP contribution in [0.15, 0.2) is 28.9 Å². The van der Waals surface area contributed by atoms with E-state index in [1.165, 1.54) is 16.8 Å². The zero-order valence-electron chi connectivity index (χ0n) is 9.75. The van der Waals surface area contributed by atoms with Gasteiger partial charge in [-0.25, -0.2) is 13.5 Å². The zero-order chi connectivity index (χ0) is 13.1. The molecule has 0 atom stereocenters. The Morgan fingerprint density at radius 3 is 2.83 bits per heavy atom. The standard InChI is InChI=1S/C12H12BrF2N3/c1-16-5-4-11-9(13)7-18(17-11)12-3-2-8(14)6-10(12)15/h2-3,6-7,16H,4-5H2,1H3. The first-order chi connectivity index (χ1) is 8.61. The minimum atomic E-state index is -0.634. The second-order valence-corrected chi connectivity index (χ2v) is 4.67. The molecule has 96 valence electrons. The van der Waals surface area contributed by atoms with E-state index in [9.17, 15) is 8.78 Å². The lowest BCUT2D eigenvalue weighted by Crippen LogP contribution is -2.11. The van der Waals surface area contributed by atoms with Crippen molar-refractivity contribution < 1.29 is 8.78 Å². The van der Waals surface area contributed by atoms with Crippen molar-refractivity contribution in [2.24, 2.45) is 0 Å². The average molecular weight is 316 g/mol. The van der Waals surface area contributed by atoms with E-state index in [4.69, 9.17) is 0 Å². The Morgan fingerprint density at radius 2 is 2.17 bits per heavy atom. The molecular formula is C12H12BrF2N3. The third-order valence-electron chi connectivity index (χ3n) is 2.51. The summed E-state index contributed by atoms with van der Waals surface area (Å²) < 4.78 is 28.6. The molecule has 1 heterocycles. The van der Waals surface area contributed by atoms with E-state index in [1.807, 2.05) is 7.05 Å². The molecule has 0 aliphatic heterocycles. The Hall–Kier alpha value is -1.27. The van der Waals surface area contributed by atoms with Gasteiger partial charge in [0.05, 0.1) is 10.2 Å². The van der Waals surface area contributed by atoms with Gasteiger partial charge in [-0.1, -0.05) is 0 Å². The normalized spacial score (nSPS) is 10.9. The van der Waals surface area contributed by atoms with Crippen LogP contribution in [0, 0.1) is 11.6 Å². The Balaban J connectivity index is 2.33. The molecule has 1 aromatic carbocycles. The summed E-state index contributed by atoms with van der Waals surface area (Å²) >= 11 is 3.38. The van der Waals surface area contributed by atoms with Crippen LogP contribution in [0.3, 0.4) is 0 Å². The monoisotopic (exact) mass is 315 g/mol. The SMILES string of the molecule is CNCCc1nn(-c2ccc(F)cc2F)cc1Br. The van der Waals surface area contributed by atoms with Gasteiger partial charge in [0.1, 0.15) is 11.5 Å². The second-order valence-electron chi connectivity index (χ2n) is 3.82. The van der Waals surface area contributed by atoms with Gasteiger partial charge in [0.2, 0.25) is 0 Å². The summed E-state index contributed by atoms with van der Waals surface area (Å²) in [6, 6.07) is 3.42. The predicted octanol–water partition coefficient (Wildman–Crippen LogP) is 2.67. The number of nitrogens with one attached hydrogen (secondary N) is 1. The molecule has 0 bridgehead atoms. The average Bonchev–Trinajstić information content (AvgIpc) is 2.68. The van der Waals surface area contributed by atoms with Crippen molar-refractivity contribution in [3.63, 3.8) is 0 Å². The lowest BCUT2D eigenvalue weighted by molar-refractivity contribution is 0.573. The van der Waals surface area contributed by atoms with E-state index in [1.54, 1.807) is 6.20 Å². The second kappa shape index (κ2) is 5.58. The molecule has 18 heavy (non-hydrogen) atoms. The minimum absolute atomic E-state index is 0.229. The molecule has 6 heteroatoms. The molecule has 0 spiro atoms. The van der Waals surface area contributed by atoms with Crippen molar-refractivity contribution in [3.05, 3.63) is 46.2 Å². The first-order valence-corrected chi connectivity index (χ1v) is 6.25. The molecule has 0 saturated carbocycles. The van der Waals surface area contributed by atoms with Gasteiger partial charge < -0.3 is 5.32 Å². The first-order valence-electron chi connectivity index (χ1n) is 5.46. The van der Waals surface area contributed by atoms with Gasteiger partial charge in [-0.3, -0.25) is 0 Å². The van der Waals surface area contributed by atoms with Gasteiger partial charge in [0.15, 0.2) is 5.82 Å². The van der Waals surface area contributed by atoms with Crippen LogP contribution in [0.2, 0.25) is 0 Å². The third-order valence-corrected chi connectivity index (χ3v) is 3.17. The van der Waals surface area contributed by atoms with E-state index in [-0.39, 0.29) is 5.69 Å². The molecule has 0 saturated heterocycles. The lowest BCUT2D eigenvalue weighted by Gasteiger charge is -2.02. The Labute approximate surface area is 112 Å². The molecule has 1 aromatic heterocycles. The van der Waals surface area contributed by atoms with Crippen LogP contribution in [-0.4, -0.2) is 23.4 Å². The van der Waals surface area contributed by atoms with E-state index in [0.29, 0.717) is 0 Å². The number of likely N-dealkylation sites (N-methyl/N-ethyl adjacent to an activating group) is 1. The van der Waals surface area contributed by atoms with Crippen LogP contribution in [-0.2, 0) is 6.42 Å². The molecule has 2 aromatic rings. The summed E-state index contributed by atoms with van der Waals surface area (Å²) in [6.45, 7) is 0.779. The van der Waals surface area contributed by atoms with Crippen molar-refractivity contribution in [2.45, 2.75) is 6.42 Å². The first kappa shape index (κ1) is 13.2. The number of nitrogens with zero attached hydrogens (tertiary/aromatic N) is 2. The van der Waals surface area contributed by atoms with Gasteiger partial charge in [-0.2, -0.15) is 5.10 Å². The maximum Gasteiger partial charge on any atom is 0.151 e. The number of rotatable bonds is 4. The van der Waals surface area contributed by atoms with Crippen molar-refractivity contribution in [3.8, 4) is 5.69 Å². The fourth-order valence-corrected chi connectivity index (χ4v) is 2.06. The zero-order valence-corrected chi connectivity index (χ0v) is 11.3. The Kier molecular flexibility index (Phi) is 4.08. The van der Waals surface area contributed by atoms with Gasteiger partial charge >= 0.3 is 0 Å². The van der Waals surface area contributed by atoms with Crippen molar-refractivity contribution in [2.75, 3.05) is 13.6 Å². The van der Waals surface area contributed by atoms with E-state index < -0.39 is 11.6 Å². The van der Waals surface area contributed by atoms with Crippen LogP contribution < -0.4 is 5.32 Å². The summed E-state index contributed by atoms with van der Waals surface area (Å²) in [5, 5.41) is 7.29. The molecule has 0 amide bonds. The fourth-order valence-electron chi connectivity index (χ4n) is 1.59. The van der Waals surface area contributed by atoms with Crippen molar-refractivity contribution in [1.29, 1.82) is 0 Å². The number of benzene rings is 1. The number of hydrogen-bond acceptors (Lipinski definition) is 2. The maximum atomic E-state index is 13.6. The summed E-state index contributed by atoms with van der Waals surface area (Å²) in [4.78, 5) is 0. The summed E-state index contributed by atoms with van der Waals surface area (Å²) in [5.74, 6) is -1.23. The van der Waals surface area contributed by atoms with E-state index >= 15 is 0 Å².